The zero-order valence-corrected chi connectivity index (χ0v) is 14.3. The Balaban J connectivity index is -0.000000218. The van der Waals surface area contributed by atoms with Gasteiger partial charge in [0.25, 0.3) is 0 Å². The molecule has 0 unspecified atom stereocenters. The molecular formula is C12H18O4Pb. The van der Waals surface area contributed by atoms with Gasteiger partial charge in [0.2, 0.25) is 0 Å². The van der Waals surface area contributed by atoms with E-state index in [1.165, 1.54) is 0 Å². The minimum atomic E-state index is -1.13. The van der Waals surface area contributed by atoms with Crippen molar-refractivity contribution >= 4 is 39.2 Å². The quantitative estimate of drug-likeness (QED) is 0.430. The zero-order chi connectivity index (χ0) is 13.1. The molecule has 17 heavy (non-hydrogen) atoms. The van der Waals surface area contributed by atoms with E-state index in [-0.39, 0.29) is 38.4 Å². The van der Waals surface area contributed by atoms with Crippen LogP contribution in [0.15, 0.2) is 24.3 Å². The van der Waals surface area contributed by atoms with Gasteiger partial charge in [0, 0.05) is 0 Å². The van der Waals surface area contributed by atoms with Gasteiger partial charge in [-0.05, 0) is 24.0 Å². The van der Waals surface area contributed by atoms with E-state index in [2.05, 4.69) is 13.2 Å². The minimum absolute atomic E-state index is 0. The van der Waals surface area contributed by atoms with Crippen LogP contribution in [-0.4, -0.2) is 39.2 Å². The first-order valence-corrected chi connectivity index (χ1v) is 5.14. The Bertz CT molecular complexity index is 244. The summed E-state index contributed by atoms with van der Waals surface area (Å²) in [5, 5.41) is 19.8. The Morgan fingerprint density at radius 2 is 1.12 bits per heavy atom. The van der Waals surface area contributed by atoms with Crippen molar-refractivity contribution in [3.8, 4) is 0 Å². The van der Waals surface area contributed by atoms with E-state index in [0.717, 1.165) is 12.8 Å². The van der Waals surface area contributed by atoms with E-state index in [1.54, 1.807) is 0 Å². The summed E-state index contributed by atoms with van der Waals surface area (Å²) >= 11 is 0. The van der Waals surface area contributed by atoms with Gasteiger partial charge in [-0.3, -0.25) is 0 Å². The topological polar surface area (TPSA) is 80.3 Å². The standard InChI is InChI=1S/2C6H10O2.Pb/c2*1-3-4-5(2)6(7)8;/h2*2-4H2,1H3,(H,7,8);/q;;+2/p-2. The Morgan fingerprint density at radius 3 is 1.18 bits per heavy atom. The predicted molar refractivity (Wildman–Crippen MR) is 63.9 cm³/mol. The number of aliphatic carboxylic acids is 2. The summed E-state index contributed by atoms with van der Waals surface area (Å²) in [4.78, 5) is 19.8. The first-order chi connectivity index (χ1) is 7.36. The third-order valence-corrected chi connectivity index (χ3v) is 1.68. The Hall–Kier alpha value is -0.658. The molecule has 0 atom stereocenters. The number of hydrogen-bond donors (Lipinski definition) is 0. The first-order valence-electron chi connectivity index (χ1n) is 5.14. The number of carboxylic acid groups (broad SMARTS) is 2. The van der Waals surface area contributed by atoms with Gasteiger partial charge in [-0.1, -0.05) is 39.8 Å². The van der Waals surface area contributed by atoms with Gasteiger partial charge in [-0.2, -0.15) is 0 Å². The summed E-state index contributed by atoms with van der Waals surface area (Å²) in [7, 11) is 0. The smallest absolute Gasteiger partial charge is 0.545 e. The summed E-state index contributed by atoms with van der Waals surface area (Å²) in [6.07, 6.45) is 2.68. The van der Waals surface area contributed by atoms with E-state index in [0.29, 0.717) is 12.8 Å². The Morgan fingerprint density at radius 1 is 0.882 bits per heavy atom. The molecule has 0 spiro atoms. The molecule has 0 aromatic rings. The van der Waals surface area contributed by atoms with Crippen LogP contribution in [0.5, 0.6) is 0 Å². The number of hydrogen-bond acceptors (Lipinski definition) is 4. The average molecular weight is 433 g/mol. The van der Waals surface area contributed by atoms with Crippen molar-refractivity contribution in [2.24, 2.45) is 0 Å². The van der Waals surface area contributed by atoms with Crippen LogP contribution in [-0.2, 0) is 9.59 Å². The molecule has 0 aliphatic heterocycles. The molecule has 0 saturated heterocycles. The van der Waals surface area contributed by atoms with Crippen molar-refractivity contribution in [2.45, 2.75) is 39.5 Å². The molecular weight excluding hydrogens is 415 g/mol. The molecule has 0 aromatic heterocycles. The van der Waals surface area contributed by atoms with Gasteiger partial charge in [0.1, 0.15) is 0 Å². The molecule has 4 nitrogen and oxygen atoms in total. The largest absolute Gasteiger partial charge is 2.00 e. The monoisotopic (exact) mass is 434 g/mol. The van der Waals surface area contributed by atoms with Crippen molar-refractivity contribution in [3.05, 3.63) is 24.3 Å². The fraction of sp³-hybridized carbons (Fsp3) is 0.500. The fourth-order valence-electron chi connectivity index (χ4n) is 0.808. The van der Waals surface area contributed by atoms with Crippen molar-refractivity contribution < 1.29 is 19.8 Å². The van der Waals surface area contributed by atoms with Crippen LogP contribution in [0, 0.1) is 0 Å². The fourth-order valence-corrected chi connectivity index (χ4v) is 0.808. The summed E-state index contributed by atoms with van der Waals surface area (Å²) in [5.74, 6) is -2.27. The van der Waals surface area contributed by atoms with Gasteiger partial charge in [0.05, 0.1) is 11.9 Å². The molecule has 0 aromatic carbocycles. The summed E-state index contributed by atoms with van der Waals surface area (Å²) in [6.45, 7) is 10.4. The van der Waals surface area contributed by atoms with Gasteiger partial charge < -0.3 is 19.8 Å². The maximum absolute atomic E-state index is 9.88. The third-order valence-electron chi connectivity index (χ3n) is 1.68. The van der Waals surface area contributed by atoms with E-state index in [9.17, 15) is 19.8 Å². The second-order valence-electron chi connectivity index (χ2n) is 3.28. The molecule has 0 saturated carbocycles. The van der Waals surface area contributed by atoms with Crippen molar-refractivity contribution in [1.82, 2.24) is 0 Å². The second-order valence-corrected chi connectivity index (χ2v) is 3.28. The van der Waals surface area contributed by atoms with Gasteiger partial charge >= 0.3 is 27.3 Å². The molecule has 0 N–H and O–H groups in total. The minimum Gasteiger partial charge on any atom is -0.545 e. The van der Waals surface area contributed by atoms with Gasteiger partial charge in [0.15, 0.2) is 0 Å². The second kappa shape index (κ2) is 13.4. The van der Waals surface area contributed by atoms with Crippen molar-refractivity contribution in [2.75, 3.05) is 0 Å². The molecule has 0 amide bonds. The molecule has 5 heteroatoms. The molecule has 0 heterocycles. The van der Waals surface area contributed by atoms with Crippen LogP contribution in [0.25, 0.3) is 0 Å². The molecule has 0 rings (SSSR count). The maximum Gasteiger partial charge on any atom is 2.00 e. The average Bonchev–Trinajstić information content (AvgIpc) is 2.19. The first kappa shape index (κ1) is 21.6. The normalized spacial score (nSPS) is 8.12. The number of carboxylic acids is 2. The van der Waals surface area contributed by atoms with Crippen LogP contribution in [0.4, 0.5) is 0 Å². The van der Waals surface area contributed by atoms with E-state index in [1.807, 2.05) is 13.8 Å². The van der Waals surface area contributed by atoms with Crippen LogP contribution >= 0.6 is 0 Å². The van der Waals surface area contributed by atoms with Crippen LogP contribution in [0.2, 0.25) is 0 Å². The molecule has 0 bridgehead atoms. The molecule has 0 fully saturated rings. The van der Waals surface area contributed by atoms with E-state index < -0.39 is 11.9 Å². The van der Waals surface area contributed by atoms with Crippen LogP contribution in [0.3, 0.4) is 0 Å². The van der Waals surface area contributed by atoms with E-state index >= 15 is 0 Å². The SMILES string of the molecule is C=C(CCC)C(=O)[O-].C=C(CCC)C(=O)[O-].[Pb+2]. The summed E-state index contributed by atoms with van der Waals surface area (Å²) in [5.41, 5.74) is 0.375. The van der Waals surface area contributed by atoms with Gasteiger partial charge in [-0.15, -0.1) is 0 Å². The summed E-state index contributed by atoms with van der Waals surface area (Å²) in [6, 6.07) is 0. The molecule has 94 valence electrons. The van der Waals surface area contributed by atoms with Gasteiger partial charge in [-0.25, -0.2) is 0 Å². The number of rotatable bonds is 6. The Labute approximate surface area is 123 Å². The third kappa shape index (κ3) is 15.3. The zero-order valence-electron chi connectivity index (χ0n) is 10.4. The molecule has 2 radical (unpaired) electrons. The number of carbonyl (C=O) groups is 2. The molecule has 0 aliphatic rings. The van der Waals surface area contributed by atoms with Crippen molar-refractivity contribution in [3.63, 3.8) is 0 Å². The molecule has 0 aliphatic carbocycles. The number of carbonyl (C=O) groups excluding carboxylic acids is 2. The van der Waals surface area contributed by atoms with Crippen LogP contribution in [0.1, 0.15) is 39.5 Å². The van der Waals surface area contributed by atoms with Crippen LogP contribution < -0.4 is 10.2 Å². The van der Waals surface area contributed by atoms with Crippen molar-refractivity contribution in [1.29, 1.82) is 0 Å². The summed E-state index contributed by atoms with van der Waals surface area (Å²) < 4.78 is 0. The predicted octanol–water partition coefficient (Wildman–Crippen LogP) is -0.196. The van der Waals surface area contributed by atoms with E-state index in [4.69, 9.17) is 0 Å². The Kier molecular flexibility index (Phi) is 17.0. The maximum atomic E-state index is 9.88.